The SMILES string of the molecule is CSCCC(NC(=O)N1CCCC(CCO)C1)C(=O)O. The Kier molecular flexibility index (Phi) is 7.76. The zero-order valence-electron chi connectivity index (χ0n) is 11.9. The molecule has 0 aromatic heterocycles. The summed E-state index contributed by atoms with van der Waals surface area (Å²) < 4.78 is 0. The van der Waals surface area contributed by atoms with Crippen LogP contribution in [-0.4, -0.2) is 64.9 Å². The van der Waals surface area contributed by atoms with Crippen molar-refractivity contribution in [2.24, 2.45) is 5.92 Å². The van der Waals surface area contributed by atoms with E-state index in [1.165, 1.54) is 0 Å². The van der Waals surface area contributed by atoms with E-state index >= 15 is 0 Å². The van der Waals surface area contributed by atoms with Crippen LogP contribution in [0.1, 0.15) is 25.7 Å². The number of amides is 2. The van der Waals surface area contributed by atoms with Gasteiger partial charge >= 0.3 is 12.0 Å². The first-order valence-corrected chi connectivity index (χ1v) is 8.36. The number of carbonyl (C=O) groups is 2. The third kappa shape index (κ3) is 5.58. The predicted octanol–water partition coefficient (Wildman–Crippen LogP) is 0.997. The molecular weight excluding hydrogens is 280 g/mol. The Bertz CT molecular complexity index is 325. The summed E-state index contributed by atoms with van der Waals surface area (Å²) in [5, 5.41) is 20.7. The van der Waals surface area contributed by atoms with Crippen LogP contribution in [0.15, 0.2) is 0 Å². The molecule has 0 aromatic carbocycles. The van der Waals surface area contributed by atoms with E-state index in [0.717, 1.165) is 12.8 Å². The highest BCUT2D eigenvalue weighted by atomic mass is 32.2. The summed E-state index contributed by atoms with van der Waals surface area (Å²) in [4.78, 5) is 24.9. The molecule has 1 aliphatic rings. The van der Waals surface area contributed by atoms with Crippen LogP contribution in [0.4, 0.5) is 4.79 Å². The molecule has 116 valence electrons. The Balaban J connectivity index is 2.48. The first kappa shape index (κ1) is 17.1. The van der Waals surface area contributed by atoms with Crippen molar-refractivity contribution in [3.05, 3.63) is 0 Å². The quantitative estimate of drug-likeness (QED) is 0.653. The fourth-order valence-electron chi connectivity index (χ4n) is 2.40. The number of nitrogens with zero attached hydrogens (tertiary/aromatic N) is 1. The van der Waals surface area contributed by atoms with Crippen molar-refractivity contribution < 1.29 is 19.8 Å². The Morgan fingerprint density at radius 2 is 2.25 bits per heavy atom. The highest BCUT2D eigenvalue weighted by Crippen LogP contribution is 2.19. The lowest BCUT2D eigenvalue weighted by atomic mass is 9.95. The van der Waals surface area contributed by atoms with Gasteiger partial charge in [0.05, 0.1) is 0 Å². The summed E-state index contributed by atoms with van der Waals surface area (Å²) in [6.07, 6.45) is 4.94. The van der Waals surface area contributed by atoms with E-state index in [-0.39, 0.29) is 12.6 Å². The predicted molar refractivity (Wildman–Crippen MR) is 79.0 cm³/mol. The Labute approximate surface area is 123 Å². The number of nitrogens with one attached hydrogen (secondary N) is 1. The number of piperidine rings is 1. The molecule has 1 rings (SSSR count). The molecule has 1 heterocycles. The van der Waals surface area contributed by atoms with Gasteiger partial charge in [-0.15, -0.1) is 0 Å². The zero-order chi connectivity index (χ0) is 15.0. The van der Waals surface area contributed by atoms with Gasteiger partial charge in [-0.25, -0.2) is 9.59 Å². The van der Waals surface area contributed by atoms with Crippen LogP contribution in [0.2, 0.25) is 0 Å². The standard InChI is InChI=1S/C13H24N2O4S/c1-20-8-5-11(12(17)18)14-13(19)15-6-2-3-10(9-15)4-7-16/h10-11,16H,2-9H2,1H3,(H,14,19)(H,17,18). The molecule has 0 aliphatic carbocycles. The maximum absolute atomic E-state index is 12.1. The molecule has 0 aromatic rings. The van der Waals surface area contributed by atoms with Crippen molar-refractivity contribution in [3.8, 4) is 0 Å². The van der Waals surface area contributed by atoms with Gasteiger partial charge in [-0.2, -0.15) is 11.8 Å². The van der Waals surface area contributed by atoms with Crippen LogP contribution >= 0.6 is 11.8 Å². The number of aliphatic hydroxyl groups is 1. The topological polar surface area (TPSA) is 89.9 Å². The number of hydrogen-bond acceptors (Lipinski definition) is 4. The fraction of sp³-hybridized carbons (Fsp3) is 0.846. The number of likely N-dealkylation sites (tertiary alicyclic amines) is 1. The molecule has 0 spiro atoms. The van der Waals surface area contributed by atoms with Crippen LogP contribution in [-0.2, 0) is 4.79 Å². The number of aliphatic hydroxyl groups excluding tert-OH is 1. The number of rotatable bonds is 7. The van der Waals surface area contributed by atoms with Gasteiger partial charge < -0.3 is 20.4 Å². The van der Waals surface area contributed by atoms with Gasteiger partial charge in [0.2, 0.25) is 0 Å². The van der Waals surface area contributed by atoms with Gasteiger partial charge in [0.25, 0.3) is 0 Å². The van der Waals surface area contributed by atoms with Crippen LogP contribution in [0.3, 0.4) is 0 Å². The molecule has 0 saturated carbocycles. The average Bonchev–Trinajstić information content (AvgIpc) is 2.43. The molecule has 0 radical (unpaired) electrons. The van der Waals surface area contributed by atoms with Gasteiger partial charge in [0.1, 0.15) is 6.04 Å². The lowest BCUT2D eigenvalue weighted by Gasteiger charge is -2.33. The van der Waals surface area contributed by atoms with E-state index < -0.39 is 12.0 Å². The van der Waals surface area contributed by atoms with E-state index in [1.807, 2.05) is 6.26 Å². The molecule has 2 atom stereocenters. The van der Waals surface area contributed by atoms with E-state index in [2.05, 4.69) is 5.32 Å². The van der Waals surface area contributed by atoms with Gasteiger partial charge in [-0.05, 0) is 43.6 Å². The minimum Gasteiger partial charge on any atom is -0.480 e. The molecule has 7 heteroatoms. The lowest BCUT2D eigenvalue weighted by molar-refractivity contribution is -0.139. The molecule has 2 unspecified atom stereocenters. The van der Waals surface area contributed by atoms with Crippen molar-refractivity contribution in [3.63, 3.8) is 0 Å². The first-order valence-electron chi connectivity index (χ1n) is 6.96. The molecule has 0 bridgehead atoms. The summed E-state index contributed by atoms with van der Waals surface area (Å²) in [7, 11) is 0. The molecule has 6 nitrogen and oxygen atoms in total. The fourth-order valence-corrected chi connectivity index (χ4v) is 2.87. The maximum atomic E-state index is 12.1. The number of carboxylic acids is 1. The summed E-state index contributed by atoms with van der Waals surface area (Å²) in [5.74, 6) is 0.0231. The number of aliphatic carboxylic acids is 1. The van der Waals surface area contributed by atoms with Gasteiger partial charge in [-0.1, -0.05) is 0 Å². The lowest BCUT2D eigenvalue weighted by Crippen LogP contribution is -2.51. The number of thioether (sulfide) groups is 1. The van der Waals surface area contributed by atoms with E-state index in [4.69, 9.17) is 10.2 Å². The van der Waals surface area contributed by atoms with Crippen LogP contribution < -0.4 is 5.32 Å². The summed E-state index contributed by atoms with van der Waals surface area (Å²) in [6, 6.07) is -1.13. The Morgan fingerprint density at radius 1 is 1.50 bits per heavy atom. The molecule has 1 aliphatic heterocycles. The molecule has 20 heavy (non-hydrogen) atoms. The number of carboxylic acid groups (broad SMARTS) is 1. The average molecular weight is 304 g/mol. The van der Waals surface area contributed by atoms with Crippen LogP contribution in [0, 0.1) is 5.92 Å². The molecule has 3 N–H and O–H groups in total. The second kappa shape index (κ2) is 9.07. The summed E-state index contributed by atoms with van der Waals surface area (Å²) in [5.41, 5.74) is 0. The van der Waals surface area contributed by atoms with Gasteiger partial charge in [-0.3, -0.25) is 0 Å². The number of carbonyl (C=O) groups excluding carboxylic acids is 1. The van der Waals surface area contributed by atoms with Gasteiger partial charge in [0, 0.05) is 19.7 Å². The zero-order valence-corrected chi connectivity index (χ0v) is 12.7. The summed E-state index contributed by atoms with van der Waals surface area (Å²) >= 11 is 1.56. The normalized spacial score (nSPS) is 20.5. The van der Waals surface area contributed by atoms with Crippen molar-refractivity contribution in [2.75, 3.05) is 31.7 Å². The van der Waals surface area contributed by atoms with Crippen molar-refractivity contribution >= 4 is 23.8 Å². The second-order valence-corrected chi connectivity index (χ2v) is 6.07. The monoisotopic (exact) mass is 304 g/mol. The highest BCUT2D eigenvalue weighted by molar-refractivity contribution is 7.98. The van der Waals surface area contributed by atoms with Crippen molar-refractivity contribution in [1.82, 2.24) is 10.2 Å². The Morgan fingerprint density at radius 3 is 2.85 bits per heavy atom. The minimum absolute atomic E-state index is 0.131. The van der Waals surface area contributed by atoms with Crippen molar-refractivity contribution in [1.29, 1.82) is 0 Å². The number of hydrogen-bond donors (Lipinski definition) is 3. The maximum Gasteiger partial charge on any atom is 0.326 e. The molecule has 2 amide bonds. The highest BCUT2D eigenvalue weighted by Gasteiger charge is 2.26. The van der Waals surface area contributed by atoms with Crippen LogP contribution in [0.5, 0.6) is 0 Å². The number of urea groups is 1. The van der Waals surface area contributed by atoms with E-state index in [9.17, 15) is 9.59 Å². The first-order chi connectivity index (χ1) is 9.58. The van der Waals surface area contributed by atoms with E-state index in [0.29, 0.717) is 37.6 Å². The minimum atomic E-state index is -0.990. The molecule has 1 saturated heterocycles. The Hall–Kier alpha value is -0.950. The third-order valence-corrected chi connectivity index (χ3v) is 4.19. The largest absolute Gasteiger partial charge is 0.480 e. The molecule has 1 fully saturated rings. The van der Waals surface area contributed by atoms with Crippen molar-refractivity contribution in [2.45, 2.75) is 31.7 Å². The smallest absolute Gasteiger partial charge is 0.326 e. The second-order valence-electron chi connectivity index (χ2n) is 5.09. The summed E-state index contributed by atoms with van der Waals surface area (Å²) in [6.45, 7) is 1.38. The third-order valence-electron chi connectivity index (χ3n) is 3.55. The van der Waals surface area contributed by atoms with Crippen LogP contribution in [0.25, 0.3) is 0 Å². The molecular formula is C13H24N2O4S. The van der Waals surface area contributed by atoms with E-state index in [1.54, 1.807) is 16.7 Å². The van der Waals surface area contributed by atoms with Gasteiger partial charge in [0.15, 0.2) is 0 Å².